The number of hydrazone groups is 1. The molecule has 0 atom stereocenters. The number of hydrogen-bond acceptors (Lipinski definition) is 6. The SMILES string of the molecule is CC(=O)N1CCC2=C(C1)C(N1CCCc3cc(-c4cnn(C)c4)c(C(F)F)cc31)=N/[N+]2=C\C1CCC(N2CCC3(CC2)CNC3)CC1. The molecule has 0 unspecified atom stereocenters. The van der Waals surface area contributed by atoms with E-state index in [9.17, 15) is 13.6 Å². The van der Waals surface area contributed by atoms with Crippen molar-refractivity contribution in [2.75, 3.05) is 50.7 Å². The first-order valence-corrected chi connectivity index (χ1v) is 17.6. The van der Waals surface area contributed by atoms with E-state index < -0.39 is 6.43 Å². The van der Waals surface area contributed by atoms with Gasteiger partial charge in [-0.25, -0.2) is 8.78 Å². The lowest BCUT2D eigenvalue weighted by atomic mass is 9.73. The number of hydrogen-bond donors (Lipinski definition) is 1. The number of nitrogens with one attached hydrogen (secondary N) is 1. The number of halogens is 2. The molecule has 1 spiro atoms. The molecule has 1 aromatic heterocycles. The van der Waals surface area contributed by atoms with Crippen molar-refractivity contribution in [1.29, 1.82) is 0 Å². The van der Waals surface area contributed by atoms with Crippen LogP contribution in [0.5, 0.6) is 0 Å². The monoisotopic (exact) mass is 645 g/mol. The molecular weight excluding hydrogens is 598 g/mol. The van der Waals surface area contributed by atoms with Crippen LogP contribution in [0.1, 0.15) is 75.8 Å². The molecule has 6 heterocycles. The normalized spacial score (nSPS) is 26.9. The molecule has 0 radical (unpaired) electrons. The molecule has 47 heavy (non-hydrogen) atoms. The lowest BCUT2D eigenvalue weighted by molar-refractivity contribution is -0.479. The molecule has 3 fully saturated rings. The minimum absolute atomic E-state index is 0.0128. The third-order valence-electron chi connectivity index (χ3n) is 11.9. The Bertz CT molecular complexity index is 1640. The second-order valence-corrected chi connectivity index (χ2v) is 14.8. The van der Waals surface area contributed by atoms with E-state index in [4.69, 9.17) is 5.10 Å². The first-order chi connectivity index (χ1) is 22.8. The Labute approximate surface area is 276 Å². The highest BCUT2D eigenvalue weighted by Crippen LogP contribution is 2.41. The van der Waals surface area contributed by atoms with E-state index in [0.29, 0.717) is 48.1 Å². The summed E-state index contributed by atoms with van der Waals surface area (Å²) < 4.78 is 32.9. The van der Waals surface area contributed by atoms with E-state index in [1.807, 2.05) is 11.0 Å². The Balaban J connectivity index is 1.07. The van der Waals surface area contributed by atoms with Gasteiger partial charge in [-0.15, -0.1) is 0 Å². The summed E-state index contributed by atoms with van der Waals surface area (Å²) in [6, 6.07) is 4.29. The first kappa shape index (κ1) is 30.9. The van der Waals surface area contributed by atoms with Gasteiger partial charge in [0, 0.05) is 80.2 Å². The number of rotatable bonds is 4. The number of amidine groups is 1. The van der Waals surface area contributed by atoms with Gasteiger partial charge in [0.15, 0.2) is 6.21 Å². The van der Waals surface area contributed by atoms with Crippen LogP contribution in [0, 0.1) is 11.3 Å². The molecular formula is C36H47F2N8O+. The van der Waals surface area contributed by atoms with Crippen molar-refractivity contribution in [2.24, 2.45) is 23.5 Å². The van der Waals surface area contributed by atoms with Crippen molar-refractivity contribution in [2.45, 2.75) is 77.2 Å². The van der Waals surface area contributed by atoms with Crippen LogP contribution in [0.3, 0.4) is 0 Å². The largest absolute Gasteiger partial charge is 0.338 e. The number of fused-ring (bicyclic) bond motifs is 1. The number of benzene rings is 1. The van der Waals surface area contributed by atoms with Gasteiger partial charge in [-0.3, -0.25) is 9.48 Å². The van der Waals surface area contributed by atoms with Gasteiger partial charge in [-0.1, -0.05) is 4.68 Å². The lowest BCUT2D eigenvalue weighted by Gasteiger charge is -2.50. The quantitative estimate of drug-likeness (QED) is 0.478. The zero-order chi connectivity index (χ0) is 32.3. The molecule has 8 rings (SSSR count). The summed E-state index contributed by atoms with van der Waals surface area (Å²) >= 11 is 0. The van der Waals surface area contributed by atoms with Crippen LogP contribution in [0.25, 0.3) is 11.1 Å². The molecule has 5 aliphatic heterocycles. The highest BCUT2D eigenvalue weighted by Gasteiger charge is 2.43. The number of aromatic nitrogens is 2. The zero-order valence-corrected chi connectivity index (χ0v) is 27.7. The fourth-order valence-corrected chi connectivity index (χ4v) is 8.91. The average molecular weight is 646 g/mol. The zero-order valence-electron chi connectivity index (χ0n) is 27.7. The van der Waals surface area contributed by atoms with E-state index in [1.165, 1.54) is 51.9 Å². The minimum atomic E-state index is -2.62. The van der Waals surface area contributed by atoms with Gasteiger partial charge in [-0.05, 0) is 93.1 Å². The predicted molar refractivity (Wildman–Crippen MR) is 179 cm³/mol. The van der Waals surface area contributed by atoms with Gasteiger partial charge >= 0.3 is 0 Å². The van der Waals surface area contributed by atoms with E-state index >= 15 is 0 Å². The molecule has 6 aliphatic rings. The summed E-state index contributed by atoms with van der Waals surface area (Å²) in [7, 11) is 1.80. The Morgan fingerprint density at radius 2 is 1.87 bits per heavy atom. The fourth-order valence-electron chi connectivity index (χ4n) is 8.91. The lowest BCUT2D eigenvalue weighted by Crippen LogP contribution is -2.59. The molecule has 0 bridgehead atoms. The van der Waals surface area contributed by atoms with Crippen molar-refractivity contribution >= 4 is 23.6 Å². The molecule has 250 valence electrons. The Hall–Kier alpha value is -3.44. The molecule has 1 aromatic carbocycles. The van der Waals surface area contributed by atoms with Crippen LogP contribution in [-0.4, -0.2) is 94.1 Å². The van der Waals surface area contributed by atoms with E-state index in [-0.39, 0.29) is 11.5 Å². The van der Waals surface area contributed by atoms with Crippen LogP contribution < -0.4 is 10.2 Å². The van der Waals surface area contributed by atoms with Crippen molar-refractivity contribution < 1.29 is 18.3 Å². The van der Waals surface area contributed by atoms with E-state index in [0.717, 1.165) is 60.5 Å². The summed E-state index contributed by atoms with van der Waals surface area (Å²) in [6.45, 7) is 8.35. The number of aryl methyl sites for hydroxylation is 2. The Kier molecular flexibility index (Phi) is 8.03. The highest BCUT2D eigenvalue weighted by atomic mass is 19.3. The van der Waals surface area contributed by atoms with Gasteiger partial charge < -0.3 is 20.0 Å². The number of amides is 1. The van der Waals surface area contributed by atoms with Gasteiger partial charge in [-0.2, -0.15) is 5.10 Å². The number of carbonyl (C=O) groups excluding carboxylic acids is 1. The van der Waals surface area contributed by atoms with Crippen molar-refractivity contribution in [3.63, 3.8) is 0 Å². The predicted octanol–water partition coefficient (Wildman–Crippen LogP) is 4.94. The smallest absolute Gasteiger partial charge is 0.264 e. The third kappa shape index (κ3) is 5.73. The van der Waals surface area contributed by atoms with Crippen LogP contribution in [-0.2, 0) is 18.3 Å². The maximum Gasteiger partial charge on any atom is 0.264 e. The second-order valence-electron chi connectivity index (χ2n) is 14.8. The maximum atomic E-state index is 14.6. The number of likely N-dealkylation sites (tertiary alicyclic amines) is 1. The molecule has 2 saturated heterocycles. The average Bonchev–Trinajstić information content (AvgIpc) is 3.66. The van der Waals surface area contributed by atoms with E-state index in [1.54, 1.807) is 37.1 Å². The van der Waals surface area contributed by atoms with Gasteiger partial charge in [0.05, 0.1) is 24.7 Å². The van der Waals surface area contributed by atoms with Crippen LogP contribution in [0.4, 0.5) is 14.5 Å². The molecule has 11 heteroatoms. The van der Waals surface area contributed by atoms with Gasteiger partial charge in [0.25, 0.3) is 6.43 Å². The second kappa shape index (κ2) is 12.2. The van der Waals surface area contributed by atoms with Crippen LogP contribution >= 0.6 is 0 Å². The topological polar surface area (TPSA) is 72.0 Å². The summed E-state index contributed by atoms with van der Waals surface area (Å²) in [6.07, 6.45) is 13.0. The third-order valence-corrected chi connectivity index (χ3v) is 11.9. The molecule has 9 nitrogen and oxygen atoms in total. The highest BCUT2D eigenvalue weighted by molar-refractivity contribution is 6.12. The standard InChI is InChI=1S/C36H47F2N8O/c1-24(47)44-13-9-32-31(21-44)35(41-46(32)19-25-5-7-28(8-6-25)43-14-10-36(11-15-43)22-39-23-36)45-12-3-4-26-16-29(27-18-40-42(2)20-27)30(34(37)38)17-33(26)45/h16-20,25,28,34,39H,3-15,21-23H2,1-2H3/q+1/b46-19-. The maximum absolute atomic E-state index is 14.6. The summed E-state index contributed by atoms with van der Waals surface area (Å²) in [5.41, 5.74) is 5.87. The summed E-state index contributed by atoms with van der Waals surface area (Å²) in [5, 5.41) is 12.9. The Morgan fingerprint density at radius 1 is 1.09 bits per heavy atom. The number of piperidine rings is 1. The molecule has 1 N–H and O–H groups in total. The van der Waals surface area contributed by atoms with Crippen molar-refractivity contribution in [3.05, 3.63) is 46.9 Å². The molecule has 1 amide bonds. The molecule has 1 aliphatic carbocycles. The fraction of sp³-hybridized carbons (Fsp3) is 0.611. The van der Waals surface area contributed by atoms with Crippen LogP contribution in [0.2, 0.25) is 0 Å². The van der Waals surface area contributed by atoms with Crippen molar-refractivity contribution in [1.82, 2.24) is 24.9 Å². The van der Waals surface area contributed by atoms with Gasteiger partial charge in [0.1, 0.15) is 0 Å². The number of alkyl halides is 2. The van der Waals surface area contributed by atoms with Gasteiger partial charge in [0.2, 0.25) is 17.4 Å². The molecule has 2 aromatic rings. The Morgan fingerprint density at radius 3 is 2.53 bits per heavy atom. The number of anilines is 1. The van der Waals surface area contributed by atoms with Crippen molar-refractivity contribution in [3.8, 4) is 11.1 Å². The summed E-state index contributed by atoms with van der Waals surface area (Å²) in [4.78, 5) is 19.3. The first-order valence-electron chi connectivity index (χ1n) is 17.6. The molecule has 1 saturated carbocycles. The number of carbonyl (C=O) groups is 1. The summed E-state index contributed by atoms with van der Waals surface area (Å²) in [5.74, 6) is 1.30. The van der Waals surface area contributed by atoms with E-state index in [2.05, 4.69) is 31.1 Å². The minimum Gasteiger partial charge on any atom is -0.338 e. The van der Waals surface area contributed by atoms with Crippen LogP contribution in [0.15, 0.2) is 40.9 Å². The number of nitrogens with zero attached hydrogens (tertiary/aromatic N) is 7.